The van der Waals surface area contributed by atoms with E-state index in [0.29, 0.717) is 11.5 Å². The van der Waals surface area contributed by atoms with Gasteiger partial charge < -0.3 is 4.90 Å². The van der Waals surface area contributed by atoms with Gasteiger partial charge in [-0.05, 0) is 36.6 Å². The van der Waals surface area contributed by atoms with Gasteiger partial charge in [0.25, 0.3) is 0 Å². The van der Waals surface area contributed by atoms with Crippen LogP contribution in [0.15, 0.2) is 30.3 Å². The van der Waals surface area contributed by atoms with E-state index >= 15 is 0 Å². The largest absolute Gasteiger partial charge is 0.303 e. The number of likely N-dealkylation sites (N-methyl/N-ethyl adjacent to an activating group) is 1. The summed E-state index contributed by atoms with van der Waals surface area (Å²) in [4.78, 5) is 5.15. The lowest BCUT2D eigenvalue weighted by Crippen LogP contribution is -2.48. The molecule has 104 valence electrons. The van der Waals surface area contributed by atoms with E-state index in [4.69, 9.17) is 0 Å². The van der Waals surface area contributed by atoms with Gasteiger partial charge in [0.15, 0.2) is 0 Å². The third-order valence-electron chi connectivity index (χ3n) is 4.71. The van der Waals surface area contributed by atoms with Gasteiger partial charge in [-0.15, -0.1) is 0 Å². The second kappa shape index (κ2) is 5.47. The highest BCUT2D eigenvalue weighted by Crippen LogP contribution is 2.48. The molecular weight excluding hydrogens is 252 g/mol. The summed E-state index contributed by atoms with van der Waals surface area (Å²) in [6.07, 6.45) is 2.73. The number of benzene rings is 1. The molecule has 1 aromatic carbocycles. The minimum absolute atomic E-state index is 0.520. The molecule has 19 heavy (non-hydrogen) atoms. The molecule has 0 N–H and O–H groups in total. The van der Waals surface area contributed by atoms with Crippen LogP contribution >= 0.6 is 12.6 Å². The van der Waals surface area contributed by atoms with Crippen molar-refractivity contribution in [2.75, 3.05) is 39.0 Å². The van der Waals surface area contributed by atoms with Crippen molar-refractivity contribution >= 4 is 12.6 Å². The Labute approximate surface area is 122 Å². The number of rotatable bonds is 4. The molecule has 1 heterocycles. The standard InChI is InChI=1S/C16H24N2S/c1-17-9-10-18(12-16(13-19)7-8-16)15(11-17)14-5-3-2-4-6-14/h2-6,15,19H,7-13H2,1H3. The van der Waals surface area contributed by atoms with E-state index in [2.05, 4.69) is 59.8 Å². The maximum Gasteiger partial charge on any atom is 0.0475 e. The lowest BCUT2D eigenvalue weighted by molar-refractivity contribution is 0.0741. The first-order valence-corrected chi connectivity index (χ1v) is 7.94. The molecule has 1 saturated heterocycles. The average molecular weight is 276 g/mol. The van der Waals surface area contributed by atoms with Crippen molar-refractivity contribution in [3.8, 4) is 0 Å². The van der Waals surface area contributed by atoms with Crippen LogP contribution < -0.4 is 0 Å². The summed E-state index contributed by atoms with van der Waals surface area (Å²) in [5.41, 5.74) is 1.98. The maximum absolute atomic E-state index is 4.56. The normalized spacial score (nSPS) is 27.4. The van der Waals surface area contributed by atoms with Crippen molar-refractivity contribution < 1.29 is 0 Å². The molecule has 2 fully saturated rings. The molecular formula is C16H24N2S. The van der Waals surface area contributed by atoms with Gasteiger partial charge in [0, 0.05) is 32.2 Å². The predicted octanol–water partition coefficient (Wildman–Crippen LogP) is 2.69. The van der Waals surface area contributed by atoms with Crippen molar-refractivity contribution in [3.05, 3.63) is 35.9 Å². The van der Waals surface area contributed by atoms with Gasteiger partial charge in [0.2, 0.25) is 0 Å². The Kier molecular flexibility index (Phi) is 3.88. The van der Waals surface area contributed by atoms with Crippen LogP contribution in [-0.4, -0.2) is 48.8 Å². The maximum atomic E-state index is 4.56. The van der Waals surface area contributed by atoms with Crippen molar-refractivity contribution in [1.29, 1.82) is 0 Å². The fraction of sp³-hybridized carbons (Fsp3) is 0.625. The Balaban J connectivity index is 1.76. The fourth-order valence-electron chi connectivity index (χ4n) is 3.11. The molecule has 1 aliphatic heterocycles. The number of hydrogen-bond acceptors (Lipinski definition) is 3. The van der Waals surface area contributed by atoms with Crippen molar-refractivity contribution in [2.24, 2.45) is 5.41 Å². The Hall–Kier alpha value is -0.510. The summed E-state index contributed by atoms with van der Waals surface area (Å²) in [5.74, 6) is 1.04. The minimum Gasteiger partial charge on any atom is -0.303 e. The van der Waals surface area contributed by atoms with Crippen molar-refractivity contribution in [3.63, 3.8) is 0 Å². The zero-order valence-corrected chi connectivity index (χ0v) is 12.6. The third-order valence-corrected chi connectivity index (χ3v) is 5.38. The molecule has 0 amide bonds. The quantitative estimate of drug-likeness (QED) is 0.845. The van der Waals surface area contributed by atoms with Crippen molar-refractivity contribution in [1.82, 2.24) is 9.80 Å². The van der Waals surface area contributed by atoms with E-state index in [1.54, 1.807) is 0 Å². The van der Waals surface area contributed by atoms with Gasteiger partial charge in [-0.1, -0.05) is 30.3 Å². The molecule has 1 unspecified atom stereocenters. The predicted molar refractivity (Wildman–Crippen MR) is 83.8 cm³/mol. The summed E-state index contributed by atoms with van der Waals surface area (Å²) in [6.45, 7) is 4.74. The molecule has 3 heteroatoms. The average Bonchev–Trinajstić information content (AvgIpc) is 3.22. The van der Waals surface area contributed by atoms with Gasteiger partial charge in [0.1, 0.15) is 0 Å². The first-order valence-electron chi connectivity index (χ1n) is 7.31. The van der Waals surface area contributed by atoms with Crippen LogP contribution in [0.1, 0.15) is 24.4 Å². The topological polar surface area (TPSA) is 6.48 Å². The summed E-state index contributed by atoms with van der Waals surface area (Å²) >= 11 is 4.56. The molecule has 1 saturated carbocycles. The Morgan fingerprint density at radius 2 is 1.95 bits per heavy atom. The van der Waals surface area contributed by atoms with Gasteiger partial charge in [-0.3, -0.25) is 4.90 Å². The van der Waals surface area contributed by atoms with Crippen LogP contribution in [0.3, 0.4) is 0 Å². The number of nitrogens with zero attached hydrogens (tertiary/aromatic N) is 2. The molecule has 2 aliphatic rings. The van der Waals surface area contributed by atoms with Gasteiger partial charge >= 0.3 is 0 Å². The van der Waals surface area contributed by atoms with E-state index in [1.807, 2.05) is 0 Å². The molecule has 0 spiro atoms. The van der Waals surface area contributed by atoms with Crippen LogP contribution in [0.2, 0.25) is 0 Å². The van der Waals surface area contributed by atoms with Crippen molar-refractivity contribution in [2.45, 2.75) is 18.9 Å². The molecule has 2 nitrogen and oxygen atoms in total. The molecule has 1 aromatic rings. The SMILES string of the molecule is CN1CCN(CC2(CS)CC2)C(c2ccccc2)C1. The third kappa shape index (κ3) is 2.99. The van der Waals surface area contributed by atoms with Crippen LogP contribution in [0.4, 0.5) is 0 Å². The molecule has 1 aliphatic carbocycles. The molecule has 0 aromatic heterocycles. The minimum atomic E-state index is 0.520. The molecule has 0 bridgehead atoms. The van der Waals surface area contributed by atoms with E-state index in [-0.39, 0.29) is 0 Å². The Morgan fingerprint density at radius 3 is 2.58 bits per heavy atom. The summed E-state index contributed by atoms with van der Waals surface area (Å²) in [6, 6.07) is 11.5. The van der Waals surface area contributed by atoms with E-state index in [1.165, 1.54) is 38.0 Å². The van der Waals surface area contributed by atoms with E-state index in [9.17, 15) is 0 Å². The number of piperazine rings is 1. The number of hydrogen-bond donors (Lipinski definition) is 1. The second-order valence-corrected chi connectivity index (χ2v) is 6.63. The molecule has 1 atom stereocenters. The van der Waals surface area contributed by atoms with Crippen LogP contribution in [0.5, 0.6) is 0 Å². The van der Waals surface area contributed by atoms with E-state index in [0.717, 1.165) is 12.3 Å². The van der Waals surface area contributed by atoms with Crippen LogP contribution in [0, 0.1) is 5.41 Å². The lowest BCUT2D eigenvalue weighted by Gasteiger charge is -2.42. The smallest absolute Gasteiger partial charge is 0.0475 e. The zero-order valence-electron chi connectivity index (χ0n) is 11.8. The monoisotopic (exact) mass is 276 g/mol. The summed E-state index contributed by atoms with van der Waals surface area (Å²) in [7, 11) is 2.23. The summed E-state index contributed by atoms with van der Waals surface area (Å²) < 4.78 is 0. The van der Waals surface area contributed by atoms with E-state index < -0.39 is 0 Å². The highest BCUT2D eigenvalue weighted by atomic mass is 32.1. The first-order chi connectivity index (χ1) is 9.22. The Morgan fingerprint density at radius 1 is 1.21 bits per heavy atom. The van der Waals surface area contributed by atoms with Gasteiger partial charge in [0.05, 0.1) is 0 Å². The first kappa shape index (κ1) is 13.5. The fourth-order valence-corrected chi connectivity index (χ4v) is 3.53. The van der Waals surface area contributed by atoms with Crippen LogP contribution in [-0.2, 0) is 0 Å². The second-order valence-electron chi connectivity index (χ2n) is 6.32. The van der Waals surface area contributed by atoms with Gasteiger partial charge in [-0.25, -0.2) is 0 Å². The van der Waals surface area contributed by atoms with Crippen LogP contribution in [0.25, 0.3) is 0 Å². The lowest BCUT2D eigenvalue weighted by atomic mass is 10.00. The van der Waals surface area contributed by atoms with Gasteiger partial charge in [-0.2, -0.15) is 12.6 Å². The molecule has 3 rings (SSSR count). The Bertz CT molecular complexity index is 416. The highest BCUT2D eigenvalue weighted by molar-refractivity contribution is 7.80. The number of thiol groups is 1. The highest BCUT2D eigenvalue weighted by Gasteiger charge is 2.44. The summed E-state index contributed by atoms with van der Waals surface area (Å²) in [5, 5.41) is 0. The zero-order chi connectivity index (χ0) is 13.3. The molecule has 0 radical (unpaired) electrons.